The molecule has 33 heavy (non-hydrogen) atoms. The molecule has 1 amide bonds. The van der Waals surface area contributed by atoms with Gasteiger partial charge in [-0.05, 0) is 61.4 Å². The minimum absolute atomic E-state index is 0. The maximum Gasteiger partial charge on any atom is 0.404 e. The molecule has 1 aliphatic heterocycles. The van der Waals surface area contributed by atoms with Gasteiger partial charge in [0, 0.05) is 24.5 Å². The number of halogens is 1. The standard InChI is InChI=1S/C25H30N4O3.ClH/c1-15(2)12-20(27-25(31)32)17-10-11-29(14-17)24-18-9-8-16(3)13-21(18)26-23(28-24)19-6-4-5-7-22(19)30;/h4-9,13,15,17,20,27,30H,10-12,14H2,1-3H3,(H,31,32);1H/t17-,20?;/m0./s1. The van der Waals surface area contributed by atoms with Crippen LogP contribution in [0.2, 0.25) is 0 Å². The number of phenolic OH excluding ortho intramolecular Hbond substituents is 1. The highest BCUT2D eigenvalue weighted by atomic mass is 35.5. The van der Waals surface area contributed by atoms with Crippen molar-refractivity contribution in [3.05, 3.63) is 48.0 Å². The van der Waals surface area contributed by atoms with E-state index in [1.807, 2.05) is 31.2 Å². The number of anilines is 1. The van der Waals surface area contributed by atoms with E-state index in [9.17, 15) is 15.0 Å². The van der Waals surface area contributed by atoms with Crippen LogP contribution in [-0.2, 0) is 0 Å². The molecule has 1 fully saturated rings. The van der Waals surface area contributed by atoms with Crippen LogP contribution in [-0.4, -0.2) is 45.4 Å². The number of carbonyl (C=O) groups is 1. The summed E-state index contributed by atoms with van der Waals surface area (Å²) in [5.74, 6) is 2.07. The molecule has 0 bridgehead atoms. The van der Waals surface area contributed by atoms with E-state index in [-0.39, 0.29) is 30.1 Å². The second-order valence-corrected chi connectivity index (χ2v) is 9.09. The van der Waals surface area contributed by atoms with Crippen molar-refractivity contribution >= 4 is 35.2 Å². The number of nitrogens with zero attached hydrogens (tertiary/aromatic N) is 3. The van der Waals surface area contributed by atoms with E-state index in [0.717, 1.165) is 48.2 Å². The molecule has 0 saturated carbocycles. The van der Waals surface area contributed by atoms with Crippen LogP contribution in [0, 0.1) is 18.8 Å². The molecule has 2 aromatic carbocycles. The number of hydrogen-bond acceptors (Lipinski definition) is 5. The van der Waals surface area contributed by atoms with E-state index in [4.69, 9.17) is 9.97 Å². The zero-order valence-electron chi connectivity index (χ0n) is 19.2. The van der Waals surface area contributed by atoms with Crippen molar-refractivity contribution in [2.45, 2.75) is 39.7 Å². The molecular weight excluding hydrogens is 440 g/mol. The average molecular weight is 471 g/mol. The van der Waals surface area contributed by atoms with Gasteiger partial charge in [-0.25, -0.2) is 14.8 Å². The van der Waals surface area contributed by atoms with Gasteiger partial charge in [0.05, 0.1) is 11.1 Å². The van der Waals surface area contributed by atoms with Gasteiger partial charge < -0.3 is 20.4 Å². The van der Waals surface area contributed by atoms with Crippen molar-refractivity contribution < 1.29 is 15.0 Å². The topological polar surface area (TPSA) is 98.6 Å². The lowest BCUT2D eigenvalue weighted by Crippen LogP contribution is -2.41. The molecule has 2 atom stereocenters. The lowest BCUT2D eigenvalue weighted by atomic mass is 9.91. The third-order valence-electron chi connectivity index (χ3n) is 6.10. The summed E-state index contributed by atoms with van der Waals surface area (Å²) in [6, 6.07) is 13.1. The lowest BCUT2D eigenvalue weighted by Gasteiger charge is -2.26. The predicted octanol–water partition coefficient (Wildman–Crippen LogP) is 5.24. The smallest absolute Gasteiger partial charge is 0.404 e. The maximum atomic E-state index is 11.4. The Hall–Kier alpha value is -3.06. The number of para-hydroxylation sites is 1. The van der Waals surface area contributed by atoms with Crippen LogP contribution < -0.4 is 10.2 Å². The van der Waals surface area contributed by atoms with E-state index in [1.54, 1.807) is 12.1 Å². The van der Waals surface area contributed by atoms with Gasteiger partial charge in [-0.15, -0.1) is 12.4 Å². The number of hydrogen-bond donors (Lipinski definition) is 3. The number of rotatable bonds is 6. The quantitative estimate of drug-likeness (QED) is 0.455. The molecule has 1 unspecified atom stereocenters. The van der Waals surface area contributed by atoms with Gasteiger partial charge in [-0.1, -0.05) is 32.0 Å². The van der Waals surface area contributed by atoms with Gasteiger partial charge in [0.2, 0.25) is 0 Å². The molecule has 1 aliphatic rings. The molecule has 0 aliphatic carbocycles. The van der Waals surface area contributed by atoms with E-state index in [1.165, 1.54) is 0 Å². The molecule has 0 radical (unpaired) electrons. The van der Waals surface area contributed by atoms with Crippen LogP contribution in [0.4, 0.5) is 10.6 Å². The highest BCUT2D eigenvalue weighted by Gasteiger charge is 2.32. The van der Waals surface area contributed by atoms with Crippen LogP contribution in [0.3, 0.4) is 0 Å². The van der Waals surface area contributed by atoms with E-state index >= 15 is 0 Å². The fourth-order valence-electron chi connectivity index (χ4n) is 4.59. The number of aryl methyl sites for hydroxylation is 1. The number of nitrogens with one attached hydrogen (secondary N) is 1. The summed E-state index contributed by atoms with van der Waals surface area (Å²) in [5.41, 5.74) is 2.53. The van der Waals surface area contributed by atoms with Gasteiger partial charge in [0.1, 0.15) is 11.6 Å². The molecule has 3 aromatic rings. The Morgan fingerprint density at radius 2 is 1.97 bits per heavy atom. The molecule has 176 valence electrons. The van der Waals surface area contributed by atoms with Crippen molar-refractivity contribution in [2.24, 2.45) is 11.8 Å². The molecule has 2 heterocycles. The molecule has 8 heteroatoms. The Bertz CT molecular complexity index is 1140. The molecule has 1 aromatic heterocycles. The van der Waals surface area contributed by atoms with Crippen molar-refractivity contribution in [2.75, 3.05) is 18.0 Å². The molecule has 1 saturated heterocycles. The first-order valence-electron chi connectivity index (χ1n) is 11.1. The summed E-state index contributed by atoms with van der Waals surface area (Å²) in [4.78, 5) is 23.2. The summed E-state index contributed by atoms with van der Waals surface area (Å²) in [5, 5.41) is 23.4. The van der Waals surface area contributed by atoms with E-state index in [0.29, 0.717) is 17.3 Å². The van der Waals surface area contributed by atoms with Gasteiger partial charge >= 0.3 is 6.09 Å². The van der Waals surface area contributed by atoms with Gasteiger partial charge in [-0.2, -0.15) is 0 Å². The third-order valence-corrected chi connectivity index (χ3v) is 6.10. The average Bonchev–Trinajstić information content (AvgIpc) is 3.22. The molecule has 7 nitrogen and oxygen atoms in total. The normalized spacial score (nSPS) is 16.6. The van der Waals surface area contributed by atoms with Crippen molar-refractivity contribution in [1.82, 2.24) is 15.3 Å². The van der Waals surface area contributed by atoms with Crippen molar-refractivity contribution in [3.8, 4) is 17.1 Å². The first-order chi connectivity index (χ1) is 15.3. The number of carboxylic acid groups (broad SMARTS) is 1. The second-order valence-electron chi connectivity index (χ2n) is 9.09. The van der Waals surface area contributed by atoms with Gasteiger partial charge in [0.25, 0.3) is 0 Å². The summed E-state index contributed by atoms with van der Waals surface area (Å²) in [6.45, 7) is 7.77. The fourth-order valence-corrected chi connectivity index (χ4v) is 4.59. The fraction of sp³-hybridized carbons (Fsp3) is 0.400. The molecule has 3 N–H and O–H groups in total. The molecular formula is C25H31ClN4O3. The SMILES string of the molecule is Cc1ccc2c(N3CC[C@H](C(CC(C)C)NC(=O)O)C3)nc(-c3ccccc3O)nc2c1.Cl. The minimum atomic E-state index is -0.973. The molecule has 4 rings (SSSR count). The second kappa shape index (κ2) is 10.3. The minimum Gasteiger partial charge on any atom is -0.507 e. The number of fused-ring (bicyclic) bond motifs is 1. The number of aromatic nitrogens is 2. The highest BCUT2D eigenvalue weighted by Crippen LogP contribution is 2.35. The first-order valence-corrected chi connectivity index (χ1v) is 11.1. The van der Waals surface area contributed by atoms with Crippen molar-refractivity contribution in [1.29, 1.82) is 0 Å². The van der Waals surface area contributed by atoms with Crippen LogP contribution in [0.5, 0.6) is 5.75 Å². The summed E-state index contributed by atoms with van der Waals surface area (Å²) in [6.07, 6.45) is 0.720. The Morgan fingerprint density at radius 3 is 2.67 bits per heavy atom. The largest absolute Gasteiger partial charge is 0.507 e. The number of aromatic hydroxyl groups is 1. The van der Waals surface area contributed by atoms with Crippen LogP contribution in [0.15, 0.2) is 42.5 Å². The Balaban J connectivity index is 0.00000306. The van der Waals surface area contributed by atoms with Crippen LogP contribution in [0.25, 0.3) is 22.3 Å². The summed E-state index contributed by atoms with van der Waals surface area (Å²) >= 11 is 0. The highest BCUT2D eigenvalue weighted by molar-refractivity contribution is 5.92. The van der Waals surface area contributed by atoms with Crippen LogP contribution >= 0.6 is 12.4 Å². The summed E-state index contributed by atoms with van der Waals surface area (Å²) < 4.78 is 0. The van der Waals surface area contributed by atoms with E-state index in [2.05, 4.69) is 30.1 Å². The van der Waals surface area contributed by atoms with Gasteiger partial charge in [-0.3, -0.25) is 0 Å². The molecule has 0 spiro atoms. The Morgan fingerprint density at radius 1 is 1.21 bits per heavy atom. The van der Waals surface area contributed by atoms with Crippen LogP contribution in [0.1, 0.15) is 32.3 Å². The summed E-state index contributed by atoms with van der Waals surface area (Å²) in [7, 11) is 0. The number of amides is 1. The van der Waals surface area contributed by atoms with Crippen molar-refractivity contribution in [3.63, 3.8) is 0 Å². The Kier molecular flexibility index (Phi) is 7.64. The zero-order chi connectivity index (χ0) is 22.8. The van der Waals surface area contributed by atoms with Gasteiger partial charge in [0.15, 0.2) is 5.82 Å². The Labute approximate surface area is 200 Å². The number of benzene rings is 2. The van der Waals surface area contributed by atoms with E-state index < -0.39 is 6.09 Å². The predicted molar refractivity (Wildman–Crippen MR) is 133 cm³/mol. The number of phenols is 1. The lowest BCUT2D eigenvalue weighted by molar-refractivity contribution is 0.181. The maximum absolute atomic E-state index is 11.4. The first kappa shape index (κ1) is 24.6. The monoisotopic (exact) mass is 470 g/mol. The third kappa shape index (κ3) is 5.47. The zero-order valence-corrected chi connectivity index (χ0v) is 20.0.